The van der Waals surface area contributed by atoms with E-state index in [9.17, 15) is 5.11 Å². The highest BCUT2D eigenvalue weighted by Crippen LogP contribution is 2.24. The van der Waals surface area contributed by atoms with Crippen LogP contribution in [0.4, 0.5) is 5.82 Å². The second kappa shape index (κ2) is 6.16. The molecule has 1 saturated heterocycles. The summed E-state index contributed by atoms with van der Waals surface area (Å²) in [6, 6.07) is 3.84. The Morgan fingerprint density at radius 2 is 2.11 bits per heavy atom. The lowest BCUT2D eigenvalue weighted by Crippen LogP contribution is -2.38. The molecule has 1 N–H and O–H groups in total. The van der Waals surface area contributed by atoms with Gasteiger partial charge in [-0.05, 0) is 38.9 Å². The minimum atomic E-state index is 0.0702. The Kier molecular flexibility index (Phi) is 4.55. The van der Waals surface area contributed by atoms with Gasteiger partial charge in [-0.15, -0.1) is 0 Å². The summed E-state index contributed by atoms with van der Waals surface area (Å²) in [4.78, 5) is 8.98. The first-order chi connectivity index (χ1) is 8.70. The third-order valence-electron chi connectivity index (χ3n) is 3.58. The maximum Gasteiger partial charge on any atom is 0.134 e. The van der Waals surface area contributed by atoms with Gasteiger partial charge in [-0.25, -0.2) is 4.98 Å². The Balaban J connectivity index is 1.97. The third-order valence-corrected chi connectivity index (χ3v) is 3.58. The van der Waals surface area contributed by atoms with E-state index >= 15 is 0 Å². The van der Waals surface area contributed by atoms with E-state index < -0.39 is 0 Å². The fourth-order valence-electron chi connectivity index (χ4n) is 2.68. The lowest BCUT2D eigenvalue weighted by atomic mass is 9.96. The molecule has 1 aromatic heterocycles. The van der Waals surface area contributed by atoms with Crippen molar-refractivity contribution in [1.82, 2.24) is 9.88 Å². The van der Waals surface area contributed by atoms with Gasteiger partial charge in [0.25, 0.3) is 0 Å². The molecule has 0 spiro atoms. The average Bonchev–Trinajstić information content (AvgIpc) is 2.39. The van der Waals surface area contributed by atoms with E-state index in [2.05, 4.69) is 28.9 Å². The van der Waals surface area contributed by atoms with Crippen LogP contribution in [0.5, 0.6) is 0 Å². The predicted octanol–water partition coefficient (Wildman–Crippen LogP) is 1.35. The van der Waals surface area contributed by atoms with Crippen molar-refractivity contribution in [2.45, 2.75) is 19.4 Å². The quantitative estimate of drug-likeness (QED) is 0.874. The van der Waals surface area contributed by atoms with Crippen molar-refractivity contribution in [3.63, 3.8) is 0 Å². The van der Waals surface area contributed by atoms with Gasteiger partial charge in [-0.3, -0.25) is 0 Å². The number of aliphatic hydroxyl groups is 1. The number of aromatic nitrogens is 1. The van der Waals surface area contributed by atoms with Gasteiger partial charge in [0, 0.05) is 31.4 Å². The number of hydrogen-bond donors (Lipinski definition) is 1. The van der Waals surface area contributed by atoms with Crippen molar-refractivity contribution >= 4 is 5.82 Å². The molecule has 0 bridgehead atoms. The lowest BCUT2D eigenvalue weighted by molar-refractivity contribution is 0.276. The molecule has 1 aromatic rings. The van der Waals surface area contributed by atoms with Gasteiger partial charge in [0.2, 0.25) is 0 Å². The Hall–Kier alpha value is -1.13. The van der Waals surface area contributed by atoms with Crippen LogP contribution in [0.3, 0.4) is 0 Å². The minimum Gasteiger partial charge on any atom is -0.392 e. The van der Waals surface area contributed by atoms with Crippen LogP contribution in [0.25, 0.3) is 0 Å². The molecule has 2 heterocycles. The Morgan fingerprint density at radius 3 is 2.72 bits per heavy atom. The molecular weight excluding hydrogens is 226 g/mol. The largest absolute Gasteiger partial charge is 0.392 e. The lowest BCUT2D eigenvalue weighted by Gasteiger charge is -2.34. The van der Waals surface area contributed by atoms with Gasteiger partial charge >= 0.3 is 0 Å². The number of hydrogen-bond acceptors (Lipinski definition) is 4. The summed E-state index contributed by atoms with van der Waals surface area (Å²) in [5.41, 5.74) is 0.934. The normalized spacial score (nSPS) is 17.4. The van der Waals surface area contributed by atoms with E-state index in [1.807, 2.05) is 12.1 Å². The first-order valence-corrected chi connectivity index (χ1v) is 6.65. The molecule has 4 heteroatoms. The molecule has 18 heavy (non-hydrogen) atoms. The number of aliphatic hydroxyl groups excluding tert-OH is 1. The van der Waals surface area contributed by atoms with Gasteiger partial charge in [-0.1, -0.05) is 6.07 Å². The molecule has 0 saturated carbocycles. The van der Waals surface area contributed by atoms with Crippen molar-refractivity contribution in [3.05, 3.63) is 23.9 Å². The first kappa shape index (κ1) is 13.3. The van der Waals surface area contributed by atoms with E-state index in [1.54, 1.807) is 6.20 Å². The second-order valence-corrected chi connectivity index (χ2v) is 5.34. The zero-order valence-electron chi connectivity index (χ0n) is 11.3. The molecule has 2 rings (SSSR count). The van der Waals surface area contributed by atoms with Gasteiger partial charge < -0.3 is 14.9 Å². The summed E-state index contributed by atoms with van der Waals surface area (Å²) >= 11 is 0. The molecule has 0 amide bonds. The van der Waals surface area contributed by atoms with Gasteiger partial charge in [-0.2, -0.15) is 0 Å². The van der Waals surface area contributed by atoms with E-state index in [-0.39, 0.29) is 6.61 Å². The van der Waals surface area contributed by atoms with Crippen molar-refractivity contribution in [2.75, 3.05) is 38.6 Å². The summed E-state index contributed by atoms with van der Waals surface area (Å²) in [6.07, 6.45) is 4.22. The predicted molar refractivity (Wildman–Crippen MR) is 73.7 cm³/mol. The molecule has 4 nitrogen and oxygen atoms in total. The summed E-state index contributed by atoms with van der Waals surface area (Å²) in [6.45, 7) is 3.33. The zero-order chi connectivity index (χ0) is 13.0. The van der Waals surface area contributed by atoms with Gasteiger partial charge in [0.1, 0.15) is 5.82 Å². The van der Waals surface area contributed by atoms with Gasteiger partial charge in [0.15, 0.2) is 0 Å². The summed E-state index contributed by atoms with van der Waals surface area (Å²) in [5.74, 6) is 1.75. The van der Waals surface area contributed by atoms with Crippen LogP contribution < -0.4 is 4.90 Å². The van der Waals surface area contributed by atoms with Crippen LogP contribution in [0.2, 0.25) is 0 Å². The number of pyridine rings is 1. The summed E-state index contributed by atoms with van der Waals surface area (Å²) in [7, 11) is 4.27. The second-order valence-electron chi connectivity index (χ2n) is 5.34. The number of anilines is 1. The highest BCUT2D eigenvalue weighted by atomic mass is 16.3. The van der Waals surface area contributed by atoms with Crippen LogP contribution in [-0.4, -0.2) is 48.7 Å². The highest BCUT2D eigenvalue weighted by Gasteiger charge is 2.21. The monoisotopic (exact) mass is 249 g/mol. The molecular formula is C14H23N3O. The zero-order valence-corrected chi connectivity index (χ0v) is 11.3. The number of nitrogens with zero attached hydrogens (tertiary/aromatic N) is 3. The average molecular weight is 249 g/mol. The third kappa shape index (κ3) is 3.21. The first-order valence-electron chi connectivity index (χ1n) is 6.65. The number of rotatable bonds is 4. The fraction of sp³-hybridized carbons (Fsp3) is 0.643. The van der Waals surface area contributed by atoms with Crippen LogP contribution in [0, 0.1) is 5.92 Å². The topological polar surface area (TPSA) is 39.6 Å². The van der Waals surface area contributed by atoms with E-state index in [0.29, 0.717) is 0 Å². The molecule has 1 aliphatic rings. The smallest absolute Gasteiger partial charge is 0.134 e. The molecule has 0 aliphatic carbocycles. The maximum atomic E-state index is 9.35. The Labute approximate surface area is 109 Å². The molecule has 0 aromatic carbocycles. The molecule has 100 valence electrons. The highest BCUT2D eigenvalue weighted by molar-refractivity contribution is 5.46. The molecule has 0 atom stereocenters. The number of piperidine rings is 1. The van der Waals surface area contributed by atoms with Crippen molar-refractivity contribution in [3.8, 4) is 0 Å². The SMILES string of the molecule is CN(C)CC1CCN(c2ncccc2CO)CC1. The standard InChI is InChI=1S/C14H23N3O/c1-16(2)10-12-5-8-17(9-6-12)14-13(11-18)4-3-7-15-14/h3-4,7,12,18H,5-6,8-11H2,1-2H3. The van der Waals surface area contributed by atoms with Crippen LogP contribution >= 0.6 is 0 Å². The Bertz CT molecular complexity index is 373. The van der Waals surface area contributed by atoms with Crippen LogP contribution in [-0.2, 0) is 6.61 Å². The molecule has 1 fully saturated rings. The van der Waals surface area contributed by atoms with E-state index in [0.717, 1.165) is 30.4 Å². The van der Waals surface area contributed by atoms with Crippen LogP contribution in [0.1, 0.15) is 18.4 Å². The molecule has 0 unspecified atom stereocenters. The summed E-state index contributed by atoms with van der Waals surface area (Å²) in [5, 5.41) is 9.35. The van der Waals surface area contributed by atoms with Crippen LogP contribution in [0.15, 0.2) is 18.3 Å². The van der Waals surface area contributed by atoms with Crippen molar-refractivity contribution in [1.29, 1.82) is 0 Å². The maximum absolute atomic E-state index is 9.35. The molecule has 0 radical (unpaired) electrons. The van der Waals surface area contributed by atoms with Gasteiger partial charge in [0.05, 0.1) is 6.61 Å². The van der Waals surface area contributed by atoms with Crippen molar-refractivity contribution < 1.29 is 5.11 Å². The van der Waals surface area contributed by atoms with E-state index in [4.69, 9.17) is 0 Å². The molecule has 1 aliphatic heterocycles. The fourth-order valence-corrected chi connectivity index (χ4v) is 2.68. The summed E-state index contributed by atoms with van der Waals surface area (Å²) < 4.78 is 0. The Morgan fingerprint density at radius 1 is 1.39 bits per heavy atom. The van der Waals surface area contributed by atoms with Crippen molar-refractivity contribution in [2.24, 2.45) is 5.92 Å². The van der Waals surface area contributed by atoms with E-state index in [1.165, 1.54) is 19.4 Å². The minimum absolute atomic E-state index is 0.0702.